The zero-order valence-electron chi connectivity index (χ0n) is 16.0. The molecule has 29 heavy (non-hydrogen) atoms. The van der Waals surface area contributed by atoms with Crippen molar-refractivity contribution in [1.82, 2.24) is 20.4 Å². The molecule has 0 saturated carbocycles. The molecule has 1 aromatic heterocycles. The van der Waals surface area contributed by atoms with Gasteiger partial charge in [-0.05, 0) is 34.9 Å². The van der Waals surface area contributed by atoms with Crippen molar-refractivity contribution >= 4 is 40.1 Å². The first kappa shape index (κ1) is 19.9. The van der Waals surface area contributed by atoms with E-state index in [9.17, 15) is 0 Å². The molecular formula is C20H20ClN5O2S. The van der Waals surface area contributed by atoms with Crippen molar-refractivity contribution in [3.63, 3.8) is 0 Å². The minimum Gasteiger partial charge on any atom is -0.372 e. The van der Waals surface area contributed by atoms with Gasteiger partial charge in [-0.1, -0.05) is 47.6 Å². The molecular weight excluding hydrogens is 410 g/mol. The van der Waals surface area contributed by atoms with Crippen LogP contribution in [0.4, 0.5) is 5.95 Å². The maximum Gasteiger partial charge on any atom is 0.224 e. The van der Waals surface area contributed by atoms with Crippen LogP contribution in [0.25, 0.3) is 22.2 Å². The van der Waals surface area contributed by atoms with Crippen molar-refractivity contribution in [2.24, 2.45) is 0 Å². The predicted molar refractivity (Wildman–Crippen MR) is 115 cm³/mol. The second-order valence-corrected chi connectivity index (χ2v) is 7.92. The van der Waals surface area contributed by atoms with Gasteiger partial charge in [0.15, 0.2) is 11.0 Å². The zero-order valence-corrected chi connectivity index (χ0v) is 17.6. The number of ether oxygens (including phenoxy) is 1. The molecule has 2 aromatic carbocycles. The van der Waals surface area contributed by atoms with Gasteiger partial charge < -0.3 is 10.5 Å². The molecule has 4 rings (SSSR count). The maximum atomic E-state index is 6.65. The highest BCUT2D eigenvalue weighted by atomic mass is 35.5. The molecule has 2 heterocycles. The molecule has 9 heteroatoms. The minimum atomic E-state index is 0.160. The van der Waals surface area contributed by atoms with E-state index in [1.54, 1.807) is 7.11 Å². The Kier molecular flexibility index (Phi) is 5.86. The predicted octanol–water partition coefficient (Wildman–Crippen LogP) is 4.10. The fraction of sp³-hybridized carbons (Fsp3) is 0.250. The molecule has 150 valence electrons. The first-order valence-corrected chi connectivity index (χ1v) is 10.3. The van der Waals surface area contributed by atoms with Crippen LogP contribution in [-0.2, 0) is 22.8 Å². The number of nitrogens with zero attached hydrogens (tertiary/aromatic N) is 3. The Hall–Kier alpha value is -2.39. The van der Waals surface area contributed by atoms with Crippen LogP contribution in [0.5, 0.6) is 0 Å². The minimum absolute atomic E-state index is 0.160. The standard InChI is InChI=1S/C20H20ClN5O2S/c1-11(26-27-2)6-7-29-20-24-18(23-19(22)25-20)17-14-5-3-4-12-9-28-10-13(16(12)14)8-15(17)21/h3-6,8,26H,7,9-10H2,1-2H3,(H2,22,23,24,25). The monoisotopic (exact) mass is 429 g/mol. The van der Waals surface area contributed by atoms with Gasteiger partial charge in [-0.3, -0.25) is 10.3 Å². The maximum absolute atomic E-state index is 6.65. The van der Waals surface area contributed by atoms with Gasteiger partial charge in [0.1, 0.15) is 0 Å². The summed E-state index contributed by atoms with van der Waals surface area (Å²) in [5.74, 6) is 1.28. The Morgan fingerprint density at radius 2 is 2.14 bits per heavy atom. The van der Waals surface area contributed by atoms with E-state index in [0.717, 1.165) is 33.2 Å². The van der Waals surface area contributed by atoms with Gasteiger partial charge in [0, 0.05) is 17.0 Å². The number of aromatic nitrogens is 3. The number of thioether (sulfide) groups is 1. The number of benzene rings is 2. The number of anilines is 1. The molecule has 0 radical (unpaired) electrons. The summed E-state index contributed by atoms with van der Waals surface area (Å²) in [5, 5.41) is 3.25. The number of hydrogen-bond acceptors (Lipinski definition) is 8. The van der Waals surface area contributed by atoms with Gasteiger partial charge in [0.2, 0.25) is 5.95 Å². The Bertz CT molecular complexity index is 1110. The van der Waals surface area contributed by atoms with E-state index < -0.39 is 0 Å². The summed E-state index contributed by atoms with van der Waals surface area (Å²) >= 11 is 8.10. The fourth-order valence-electron chi connectivity index (χ4n) is 3.34. The van der Waals surface area contributed by atoms with Gasteiger partial charge in [0.05, 0.1) is 25.3 Å². The van der Waals surface area contributed by atoms with E-state index in [2.05, 4.69) is 26.5 Å². The summed E-state index contributed by atoms with van der Waals surface area (Å²) in [6, 6.07) is 8.02. The largest absolute Gasteiger partial charge is 0.372 e. The molecule has 0 atom stereocenters. The number of allylic oxidation sites excluding steroid dienone is 1. The number of rotatable bonds is 6. The number of halogens is 1. The third-order valence-corrected chi connectivity index (χ3v) is 5.59. The topological polar surface area (TPSA) is 95.2 Å². The lowest BCUT2D eigenvalue weighted by molar-refractivity contribution is 0.103. The quantitative estimate of drug-likeness (QED) is 0.446. The molecule has 3 aromatic rings. The second kappa shape index (κ2) is 8.54. The van der Waals surface area contributed by atoms with Gasteiger partial charge >= 0.3 is 0 Å². The van der Waals surface area contributed by atoms with E-state index in [-0.39, 0.29) is 5.95 Å². The SMILES string of the molecule is CONC(C)=CCSc1nc(N)nc(-c2c(Cl)cc3c4c(cccc24)COC3)n1. The van der Waals surface area contributed by atoms with Crippen molar-refractivity contribution in [2.75, 3.05) is 18.6 Å². The lowest BCUT2D eigenvalue weighted by Gasteiger charge is -2.20. The third-order valence-electron chi connectivity index (χ3n) is 4.52. The summed E-state index contributed by atoms with van der Waals surface area (Å²) < 4.78 is 5.66. The first-order valence-electron chi connectivity index (χ1n) is 8.98. The summed E-state index contributed by atoms with van der Waals surface area (Å²) in [4.78, 5) is 18.1. The molecule has 0 fully saturated rings. The second-order valence-electron chi connectivity index (χ2n) is 6.53. The average Bonchev–Trinajstić information content (AvgIpc) is 2.68. The van der Waals surface area contributed by atoms with Crippen molar-refractivity contribution in [1.29, 1.82) is 0 Å². The van der Waals surface area contributed by atoms with Crippen molar-refractivity contribution < 1.29 is 9.57 Å². The Labute approximate surface area is 177 Å². The van der Waals surface area contributed by atoms with Crippen molar-refractivity contribution in [3.8, 4) is 11.4 Å². The molecule has 0 aliphatic carbocycles. The Morgan fingerprint density at radius 3 is 2.97 bits per heavy atom. The number of nitrogens with one attached hydrogen (secondary N) is 1. The van der Waals surface area contributed by atoms with E-state index in [0.29, 0.717) is 35.0 Å². The van der Waals surface area contributed by atoms with Gasteiger partial charge in [-0.15, -0.1) is 0 Å². The fourth-order valence-corrected chi connectivity index (χ4v) is 4.45. The van der Waals surface area contributed by atoms with Crippen molar-refractivity contribution in [2.45, 2.75) is 25.3 Å². The molecule has 0 spiro atoms. The summed E-state index contributed by atoms with van der Waals surface area (Å²) in [5.41, 5.74) is 12.6. The van der Waals surface area contributed by atoms with E-state index >= 15 is 0 Å². The molecule has 3 N–H and O–H groups in total. The van der Waals surface area contributed by atoms with Gasteiger partial charge in [0.25, 0.3) is 0 Å². The number of hydroxylamine groups is 1. The van der Waals surface area contributed by atoms with E-state index in [1.807, 2.05) is 31.2 Å². The number of nitrogen functional groups attached to an aromatic ring is 1. The summed E-state index contributed by atoms with van der Waals surface area (Å²) in [7, 11) is 1.57. The van der Waals surface area contributed by atoms with Crippen LogP contribution >= 0.6 is 23.4 Å². The molecule has 0 amide bonds. The van der Waals surface area contributed by atoms with Crippen LogP contribution in [0, 0.1) is 0 Å². The highest BCUT2D eigenvalue weighted by Gasteiger charge is 2.20. The van der Waals surface area contributed by atoms with Crippen LogP contribution < -0.4 is 11.2 Å². The van der Waals surface area contributed by atoms with Crippen molar-refractivity contribution in [3.05, 3.63) is 52.2 Å². The lowest BCUT2D eigenvalue weighted by atomic mass is 9.94. The highest BCUT2D eigenvalue weighted by molar-refractivity contribution is 7.99. The van der Waals surface area contributed by atoms with E-state index in [4.69, 9.17) is 26.9 Å². The molecule has 0 saturated heterocycles. The number of hydrogen-bond donors (Lipinski definition) is 2. The van der Waals surface area contributed by atoms with Crippen LogP contribution in [0.1, 0.15) is 18.1 Å². The van der Waals surface area contributed by atoms with Crippen LogP contribution in [0.15, 0.2) is 41.2 Å². The summed E-state index contributed by atoms with van der Waals surface area (Å²) in [6.07, 6.45) is 1.98. The lowest BCUT2D eigenvalue weighted by Crippen LogP contribution is -2.08. The smallest absolute Gasteiger partial charge is 0.224 e. The van der Waals surface area contributed by atoms with Crippen LogP contribution in [0.2, 0.25) is 5.02 Å². The molecule has 0 bridgehead atoms. The Morgan fingerprint density at radius 1 is 1.31 bits per heavy atom. The summed E-state index contributed by atoms with van der Waals surface area (Å²) in [6.45, 7) is 3.03. The number of nitrogens with two attached hydrogens (primary N) is 1. The third kappa shape index (κ3) is 4.16. The average molecular weight is 430 g/mol. The highest BCUT2D eigenvalue weighted by Crippen LogP contribution is 2.39. The molecule has 0 unspecified atom stereocenters. The Balaban J connectivity index is 1.75. The molecule has 1 aliphatic rings. The normalized spacial score (nSPS) is 13.7. The first-order chi connectivity index (χ1) is 14.1. The van der Waals surface area contributed by atoms with Gasteiger partial charge in [-0.25, -0.2) is 4.98 Å². The van der Waals surface area contributed by atoms with Crippen LogP contribution in [0.3, 0.4) is 0 Å². The molecule has 7 nitrogen and oxygen atoms in total. The van der Waals surface area contributed by atoms with Crippen LogP contribution in [-0.4, -0.2) is 27.8 Å². The van der Waals surface area contributed by atoms with E-state index in [1.165, 1.54) is 11.8 Å². The van der Waals surface area contributed by atoms with Gasteiger partial charge in [-0.2, -0.15) is 9.97 Å². The molecule has 1 aliphatic heterocycles. The zero-order chi connectivity index (χ0) is 20.4.